The average molecular weight is 342 g/mol. The number of rotatable bonds is 7. The van der Waals surface area contributed by atoms with Crippen LogP contribution in [-0.2, 0) is 12.2 Å². The Hall–Kier alpha value is -2.15. The average Bonchev–Trinajstić information content (AvgIpc) is 3.19. The zero-order valence-corrected chi connectivity index (χ0v) is 14.2. The molecule has 1 aliphatic rings. The van der Waals surface area contributed by atoms with Gasteiger partial charge in [0.25, 0.3) is 5.22 Å². The van der Waals surface area contributed by atoms with Crippen LogP contribution < -0.4 is 0 Å². The lowest BCUT2D eigenvalue weighted by atomic mass is 9.98. The van der Waals surface area contributed by atoms with Crippen molar-refractivity contribution in [1.82, 2.24) is 20.3 Å². The van der Waals surface area contributed by atoms with Crippen molar-refractivity contribution in [1.29, 1.82) is 0 Å². The molecule has 0 unspecified atom stereocenters. The van der Waals surface area contributed by atoms with Crippen molar-refractivity contribution in [3.05, 3.63) is 53.5 Å². The number of thioether (sulfide) groups is 1. The molecule has 6 nitrogen and oxygen atoms in total. The van der Waals surface area contributed by atoms with E-state index in [1.165, 1.54) is 17.3 Å². The van der Waals surface area contributed by atoms with E-state index in [1.54, 1.807) is 0 Å². The fraction of sp³-hybridized carbons (Fsp3) is 0.412. The third kappa shape index (κ3) is 3.67. The highest BCUT2D eigenvalue weighted by Gasteiger charge is 2.29. The predicted molar refractivity (Wildman–Crippen MR) is 88.7 cm³/mol. The van der Waals surface area contributed by atoms with Crippen LogP contribution in [0.25, 0.3) is 0 Å². The quantitative estimate of drug-likeness (QED) is 0.601. The molecule has 0 radical (unpaired) electrons. The van der Waals surface area contributed by atoms with Crippen LogP contribution in [0.2, 0.25) is 0 Å². The van der Waals surface area contributed by atoms with Crippen LogP contribution in [0, 0.1) is 0 Å². The lowest BCUT2D eigenvalue weighted by molar-refractivity contribution is 0.375. The molecule has 1 atom stereocenters. The molecule has 1 aliphatic carbocycles. The standard InChI is InChI=1S/C17H18N4O2S/c1-11(12-5-3-2-4-6-12)9-15-19-20-17(22-15)24-10-14-18-16(23-21-14)13-7-8-13/h2-6,11,13H,7-10H2,1H3/t11-/m0/s1. The van der Waals surface area contributed by atoms with Gasteiger partial charge in [-0.3, -0.25) is 0 Å². The maximum Gasteiger partial charge on any atom is 0.277 e. The molecule has 0 N–H and O–H groups in total. The molecule has 1 saturated carbocycles. The topological polar surface area (TPSA) is 77.8 Å². The van der Waals surface area contributed by atoms with Crippen LogP contribution in [0.5, 0.6) is 0 Å². The summed E-state index contributed by atoms with van der Waals surface area (Å²) >= 11 is 1.44. The highest BCUT2D eigenvalue weighted by atomic mass is 32.2. The molecule has 124 valence electrons. The van der Waals surface area contributed by atoms with Gasteiger partial charge in [0.15, 0.2) is 5.82 Å². The van der Waals surface area contributed by atoms with E-state index in [-0.39, 0.29) is 0 Å². The fourth-order valence-corrected chi connectivity index (χ4v) is 3.11. The smallest absolute Gasteiger partial charge is 0.277 e. The first-order valence-electron chi connectivity index (χ1n) is 8.10. The molecule has 3 aromatic rings. The third-order valence-electron chi connectivity index (χ3n) is 4.03. The maximum atomic E-state index is 5.72. The molecule has 7 heteroatoms. The second kappa shape index (κ2) is 6.76. The van der Waals surface area contributed by atoms with E-state index >= 15 is 0 Å². The summed E-state index contributed by atoms with van der Waals surface area (Å²) in [6, 6.07) is 10.3. The molecule has 0 aliphatic heterocycles. The summed E-state index contributed by atoms with van der Waals surface area (Å²) in [5.74, 6) is 3.48. The van der Waals surface area contributed by atoms with Gasteiger partial charge in [-0.2, -0.15) is 4.98 Å². The summed E-state index contributed by atoms with van der Waals surface area (Å²) in [5, 5.41) is 12.8. The Kier molecular flexibility index (Phi) is 4.34. The minimum Gasteiger partial charge on any atom is -0.416 e. The Morgan fingerprint density at radius 3 is 2.83 bits per heavy atom. The molecule has 24 heavy (non-hydrogen) atoms. The first-order chi connectivity index (χ1) is 11.8. The molecule has 4 rings (SSSR count). The SMILES string of the molecule is C[C@@H](Cc1nnc(SCc2noc(C3CC3)n2)o1)c1ccccc1. The fourth-order valence-electron chi connectivity index (χ4n) is 2.49. The zero-order chi connectivity index (χ0) is 16.4. The van der Waals surface area contributed by atoms with Gasteiger partial charge in [0.1, 0.15) is 0 Å². The van der Waals surface area contributed by atoms with E-state index in [4.69, 9.17) is 8.94 Å². The van der Waals surface area contributed by atoms with Gasteiger partial charge in [-0.1, -0.05) is 54.2 Å². The molecule has 0 amide bonds. The minimum atomic E-state index is 0.336. The lowest BCUT2D eigenvalue weighted by Gasteiger charge is -2.08. The van der Waals surface area contributed by atoms with E-state index in [9.17, 15) is 0 Å². The van der Waals surface area contributed by atoms with Gasteiger partial charge in [0.2, 0.25) is 11.8 Å². The number of aromatic nitrogens is 4. The van der Waals surface area contributed by atoms with E-state index in [0.29, 0.717) is 34.5 Å². The largest absolute Gasteiger partial charge is 0.416 e. The normalized spacial score (nSPS) is 15.5. The van der Waals surface area contributed by atoms with Crippen LogP contribution >= 0.6 is 11.8 Å². The van der Waals surface area contributed by atoms with Crippen molar-refractivity contribution in [3.8, 4) is 0 Å². The van der Waals surface area contributed by atoms with Crippen LogP contribution in [0.3, 0.4) is 0 Å². The van der Waals surface area contributed by atoms with Crippen molar-refractivity contribution in [2.24, 2.45) is 0 Å². The monoisotopic (exact) mass is 342 g/mol. The molecular formula is C17H18N4O2S. The second-order valence-corrected chi connectivity index (χ2v) is 7.02. The highest BCUT2D eigenvalue weighted by Crippen LogP contribution is 2.39. The second-order valence-electron chi connectivity index (χ2n) is 6.09. The van der Waals surface area contributed by atoms with Crippen molar-refractivity contribution < 1.29 is 8.94 Å². The molecule has 2 aromatic heterocycles. The molecule has 1 fully saturated rings. The summed E-state index contributed by atoms with van der Waals surface area (Å²) in [5.41, 5.74) is 1.27. The van der Waals surface area contributed by atoms with E-state index in [2.05, 4.69) is 39.4 Å². The number of nitrogens with zero attached hydrogens (tertiary/aromatic N) is 4. The van der Waals surface area contributed by atoms with Crippen molar-refractivity contribution >= 4 is 11.8 Å². The predicted octanol–water partition coefficient (Wildman–Crippen LogP) is 3.97. The summed E-state index contributed by atoms with van der Waals surface area (Å²) < 4.78 is 11.0. The van der Waals surface area contributed by atoms with Gasteiger partial charge in [-0.25, -0.2) is 0 Å². The van der Waals surface area contributed by atoms with Crippen molar-refractivity contribution in [2.75, 3.05) is 0 Å². The third-order valence-corrected chi connectivity index (χ3v) is 4.85. The highest BCUT2D eigenvalue weighted by molar-refractivity contribution is 7.98. The molecule has 0 spiro atoms. The Labute approximate surface area is 144 Å². The number of benzene rings is 1. The van der Waals surface area contributed by atoms with Crippen LogP contribution in [0.15, 0.2) is 44.5 Å². The summed E-state index contributed by atoms with van der Waals surface area (Å²) in [7, 11) is 0. The Morgan fingerprint density at radius 2 is 2.04 bits per heavy atom. The van der Waals surface area contributed by atoms with E-state index in [0.717, 1.165) is 25.2 Å². The van der Waals surface area contributed by atoms with Crippen LogP contribution in [0.1, 0.15) is 54.8 Å². The molecular weight excluding hydrogens is 324 g/mol. The Balaban J connectivity index is 1.32. The Bertz CT molecular complexity index is 798. The van der Waals surface area contributed by atoms with Gasteiger partial charge in [0.05, 0.1) is 5.75 Å². The minimum absolute atomic E-state index is 0.336. The summed E-state index contributed by atoms with van der Waals surface area (Å²) in [6.07, 6.45) is 3.04. The first kappa shape index (κ1) is 15.4. The summed E-state index contributed by atoms with van der Waals surface area (Å²) in [6.45, 7) is 2.16. The molecule has 1 aromatic carbocycles. The van der Waals surface area contributed by atoms with Crippen LogP contribution in [-0.4, -0.2) is 20.3 Å². The first-order valence-corrected chi connectivity index (χ1v) is 9.09. The summed E-state index contributed by atoms with van der Waals surface area (Å²) in [4.78, 5) is 4.39. The van der Waals surface area contributed by atoms with Crippen LogP contribution in [0.4, 0.5) is 0 Å². The van der Waals surface area contributed by atoms with Gasteiger partial charge < -0.3 is 8.94 Å². The number of hydrogen-bond donors (Lipinski definition) is 0. The molecule has 0 saturated heterocycles. The maximum absolute atomic E-state index is 5.72. The lowest BCUT2D eigenvalue weighted by Crippen LogP contribution is -1.98. The molecule has 2 heterocycles. The number of hydrogen-bond acceptors (Lipinski definition) is 7. The Morgan fingerprint density at radius 1 is 1.21 bits per heavy atom. The van der Waals surface area contributed by atoms with E-state index < -0.39 is 0 Å². The van der Waals surface area contributed by atoms with Gasteiger partial charge >= 0.3 is 0 Å². The van der Waals surface area contributed by atoms with Crippen molar-refractivity contribution in [2.45, 2.75) is 49.0 Å². The van der Waals surface area contributed by atoms with E-state index in [1.807, 2.05) is 18.2 Å². The molecule has 0 bridgehead atoms. The van der Waals surface area contributed by atoms with Gasteiger partial charge in [0, 0.05) is 12.3 Å². The van der Waals surface area contributed by atoms with Gasteiger partial charge in [-0.05, 0) is 24.3 Å². The zero-order valence-electron chi connectivity index (χ0n) is 13.4. The van der Waals surface area contributed by atoms with Crippen molar-refractivity contribution in [3.63, 3.8) is 0 Å². The van der Waals surface area contributed by atoms with Gasteiger partial charge in [-0.15, -0.1) is 10.2 Å².